The summed E-state index contributed by atoms with van der Waals surface area (Å²) in [6, 6.07) is 9.44. The van der Waals surface area contributed by atoms with Crippen molar-refractivity contribution in [2.45, 2.75) is 24.8 Å². The molecule has 0 atom stereocenters. The largest absolute Gasteiger partial charge is 0.494 e. The molecule has 1 aliphatic rings. The number of hydrogen-bond acceptors (Lipinski definition) is 4. The molecule has 1 aromatic rings. The smallest absolute Gasteiger partial charge is 0.220 e. The quantitative estimate of drug-likeness (QED) is 0.687. The van der Waals surface area contributed by atoms with Gasteiger partial charge in [-0.3, -0.25) is 9.59 Å². The molecule has 1 aliphatic heterocycles. The summed E-state index contributed by atoms with van der Waals surface area (Å²) in [6.07, 6.45) is 1.06. The van der Waals surface area contributed by atoms with Crippen LogP contribution in [-0.2, 0) is 14.3 Å². The van der Waals surface area contributed by atoms with E-state index in [-0.39, 0.29) is 12.3 Å². The minimum absolute atomic E-state index is 0.110. The van der Waals surface area contributed by atoms with Crippen LogP contribution in [0.3, 0.4) is 0 Å². The SMILES string of the molecule is NC(=O)CC1(NC(=O)CCCOc2ccccc2)COC1. The van der Waals surface area contributed by atoms with Crippen molar-refractivity contribution in [3.8, 4) is 5.75 Å². The Bertz CT molecular complexity index is 486. The molecule has 2 rings (SSSR count). The van der Waals surface area contributed by atoms with Gasteiger partial charge in [-0.05, 0) is 18.6 Å². The van der Waals surface area contributed by atoms with Crippen LogP contribution < -0.4 is 15.8 Å². The maximum absolute atomic E-state index is 11.9. The van der Waals surface area contributed by atoms with Gasteiger partial charge in [-0.25, -0.2) is 0 Å². The first-order valence-corrected chi connectivity index (χ1v) is 6.95. The Morgan fingerprint density at radius 3 is 2.57 bits per heavy atom. The first-order valence-electron chi connectivity index (χ1n) is 6.95. The molecule has 0 spiro atoms. The van der Waals surface area contributed by atoms with Crippen LogP contribution in [0.2, 0.25) is 0 Å². The van der Waals surface area contributed by atoms with Crippen molar-refractivity contribution < 1.29 is 19.1 Å². The normalized spacial score (nSPS) is 15.8. The van der Waals surface area contributed by atoms with Crippen LogP contribution in [0.25, 0.3) is 0 Å². The predicted molar refractivity (Wildman–Crippen MR) is 76.7 cm³/mol. The lowest BCUT2D eigenvalue weighted by Gasteiger charge is -2.41. The first-order chi connectivity index (χ1) is 10.1. The van der Waals surface area contributed by atoms with Gasteiger partial charge in [-0.1, -0.05) is 18.2 Å². The molecule has 0 radical (unpaired) electrons. The first kappa shape index (κ1) is 15.3. The summed E-state index contributed by atoms with van der Waals surface area (Å²) in [7, 11) is 0. The molecule has 1 fully saturated rings. The van der Waals surface area contributed by atoms with Gasteiger partial charge in [0.15, 0.2) is 0 Å². The second-order valence-electron chi connectivity index (χ2n) is 5.23. The highest BCUT2D eigenvalue weighted by Gasteiger charge is 2.41. The number of carbonyl (C=O) groups is 2. The Morgan fingerprint density at radius 2 is 2.00 bits per heavy atom. The zero-order chi connectivity index (χ0) is 15.1. The summed E-state index contributed by atoms with van der Waals surface area (Å²) in [5, 5.41) is 2.84. The van der Waals surface area contributed by atoms with E-state index in [0.29, 0.717) is 32.7 Å². The molecule has 6 heteroatoms. The number of nitrogens with one attached hydrogen (secondary N) is 1. The van der Waals surface area contributed by atoms with Gasteiger partial charge in [-0.2, -0.15) is 0 Å². The fourth-order valence-electron chi connectivity index (χ4n) is 2.20. The van der Waals surface area contributed by atoms with Crippen molar-refractivity contribution in [3.63, 3.8) is 0 Å². The minimum atomic E-state index is -0.608. The van der Waals surface area contributed by atoms with Crippen molar-refractivity contribution in [2.75, 3.05) is 19.8 Å². The monoisotopic (exact) mass is 292 g/mol. The molecule has 0 aliphatic carbocycles. The second-order valence-corrected chi connectivity index (χ2v) is 5.23. The molecule has 0 saturated carbocycles. The van der Waals surface area contributed by atoms with E-state index in [4.69, 9.17) is 15.2 Å². The van der Waals surface area contributed by atoms with E-state index in [1.54, 1.807) is 0 Å². The van der Waals surface area contributed by atoms with E-state index in [1.165, 1.54) is 0 Å². The summed E-state index contributed by atoms with van der Waals surface area (Å²) in [4.78, 5) is 22.9. The van der Waals surface area contributed by atoms with Crippen LogP contribution in [0.5, 0.6) is 5.75 Å². The molecular weight excluding hydrogens is 272 g/mol. The lowest BCUT2D eigenvalue weighted by Crippen LogP contribution is -2.63. The third-order valence-electron chi connectivity index (χ3n) is 3.23. The van der Waals surface area contributed by atoms with Crippen LogP contribution in [0.4, 0.5) is 0 Å². The van der Waals surface area contributed by atoms with Crippen LogP contribution in [-0.4, -0.2) is 37.2 Å². The van der Waals surface area contributed by atoms with Crippen molar-refractivity contribution in [1.82, 2.24) is 5.32 Å². The summed E-state index contributed by atoms with van der Waals surface area (Å²) in [5.74, 6) is 0.234. The molecule has 0 bridgehead atoms. The number of primary amides is 1. The molecule has 21 heavy (non-hydrogen) atoms. The molecule has 1 aromatic carbocycles. The van der Waals surface area contributed by atoms with Crippen molar-refractivity contribution in [1.29, 1.82) is 0 Å². The second kappa shape index (κ2) is 7.08. The van der Waals surface area contributed by atoms with Crippen LogP contribution in [0.15, 0.2) is 30.3 Å². The van der Waals surface area contributed by atoms with Gasteiger partial charge in [0.2, 0.25) is 11.8 Å². The molecule has 1 saturated heterocycles. The number of nitrogens with two attached hydrogens (primary N) is 1. The van der Waals surface area contributed by atoms with E-state index >= 15 is 0 Å². The molecule has 6 nitrogen and oxygen atoms in total. The Morgan fingerprint density at radius 1 is 1.29 bits per heavy atom. The summed E-state index contributed by atoms with van der Waals surface area (Å²) in [5.41, 5.74) is 4.58. The third kappa shape index (κ3) is 4.75. The molecule has 3 N–H and O–H groups in total. The fourth-order valence-corrected chi connectivity index (χ4v) is 2.20. The summed E-state index contributed by atoms with van der Waals surface area (Å²) >= 11 is 0. The van der Waals surface area contributed by atoms with Gasteiger partial charge in [0.1, 0.15) is 5.75 Å². The Kier molecular flexibility index (Phi) is 5.16. The Balaban J connectivity index is 1.66. The van der Waals surface area contributed by atoms with Gasteiger partial charge in [0, 0.05) is 6.42 Å². The van der Waals surface area contributed by atoms with Gasteiger partial charge < -0.3 is 20.5 Å². The zero-order valence-corrected chi connectivity index (χ0v) is 11.8. The zero-order valence-electron chi connectivity index (χ0n) is 11.8. The summed E-state index contributed by atoms with van der Waals surface area (Å²) in [6.45, 7) is 1.14. The number of rotatable bonds is 8. The average molecular weight is 292 g/mol. The van der Waals surface area contributed by atoms with E-state index in [1.807, 2.05) is 30.3 Å². The predicted octanol–water partition coefficient (Wildman–Crippen LogP) is 0.606. The average Bonchev–Trinajstić information content (AvgIpc) is 2.42. The van der Waals surface area contributed by atoms with Crippen molar-refractivity contribution in [3.05, 3.63) is 30.3 Å². The van der Waals surface area contributed by atoms with E-state index in [9.17, 15) is 9.59 Å². The van der Waals surface area contributed by atoms with Crippen LogP contribution in [0.1, 0.15) is 19.3 Å². The highest BCUT2D eigenvalue weighted by atomic mass is 16.5. The van der Waals surface area contributed by atoms with E-state index < -0.39 is 11.4 Å². The minimum Gasteiger partial charge on any atom is -0.494 e. The van der Waals surface area contributed by atoms with E-state index in [0.717, 1.165) is 5.75 Å². The summed E-state index contributed by atoms with van der Waals surface area (Å²) < 4.78 is 10.6. The lowest BCUT2D eigenvalue weighted by molar-refractivity contribution is -0.138. The highest BCUT2D eigenvalue weighted by molar-refractivity contribution is 5.80. The number of para-hydroxylation sites is 1. The number of hydrogen-bond donors (Lipinski definition) is 2. The molecular formula is C15H20N2O4. The number of benzene rings is 1. The molecule has 1 heterocycles. The maximum Gasteiger partial charge on any atom is 0.220 e. The van der Waals surface area contributed by atoms with Crippen molar-refractivity contribution in [2.24, 2.45) is 5.73 Å². The number of carbonyl (C=O) groups excluding carboxylic acids is 2. The maximum atomic E-state index is 11.9. The molecule has 0 unspecified atom stereocenters. The third-order valence-corrected chi connectivity index (χ3v) is 3.23. The van der Waals surface area contributed by atoms with Crippen molar-refractivity contribution >= 4 is 11.8 Å². The standard InChI is InChI=1S/C15H20N2O4/c16-13(18)9-15(10-20-11-15)17-14(19)7-4-8-21-12-5-2-1-3-6-12/h1-3,5-6H,4,7-11H2,(H2,16,18)(H,17,19). The lowest BCUT2D eigenvalue weighted by atomic mass is 9.92. The van der Waals surface area contributed by atoms with Crippen LogP contribution >= 0.6 is 0 Å². The van der Waals surface area contributed by atoms with E-state index in [2.05, 4.69) is 5.32 Å². The number of amides is 2. The molecule has 0 aromatic heterocycles. The topological polar surface area (TPSA) is 90.7 Å². The Hall–Kier alpha value is -2.08. The fraction of sp³-hybridized carbons (Fsp3) is 0.467. The van der Waals surface area contributed by atoms with Gasteiger partial charge in [0.05, 0.1) is 31.8 Å². The number of ether oxygens (including phenoxy) is 2. The highest BCUT2D eigenvalue weighted by Crippen LogP contribution is 2.21. The van der Waals surface area contributed by atoms with Crippen LogP contribution in [0, 0.1) is 0 Å². The van der Waals surface area contributed by atoms with Gasteiger partial charge in [-0.15, -0.1) is 0 Å². The molecule has 2 amide bonds. The van der Waals surface area contributed by atoms with Gasteiger partial charge in [0.25, 0.3) is 0 Å². The van der Waals surface area contributed by atoms with Gasteiger partial charge >= 0.3 is 0 Å². The Labute approximate surface area is 123 Å². The molecule has 114 valence electrons.